The summed E-state index contributed by atoms with van der Waals surface area (Å²) in [7, 11) is 1.40. The summed E-state index contributed by atoms with van der Waals surface area (Å²) >= 11 is 0. The van der Waals surface area contributed by atoms with Crippen LogP contribution in [0.4, 0.5) is 5.69 Å². The van der Waals surface area contributed by atoms with E-state index in [0.29, 0.717) is 41.6 Å². The monoisotopic (exact) mass is 432 g/mol. The van der Waals surface area contributed by atoms with Gasteiger partial charge in [-0.2, -0.15) is 0 Å². The fourth-order valence-electron chi connectivity index (χ4n) is 2.65. The fraction of sp³-hybridized carbons (Fsp3) is 0.333. The lowest BCUT2D eigenvalue weighted by Crippen LogP contribution is -2.30. The minimum absolute atomic E-state index is 0.152. The fourth-order valence-corrected chi connectivity index (χ4v) is 2.65. The van der Waals surface area contributed by atoms with E-state index in [1.165, 1.54) is 31.4 Å². The van der Waals surface area contributed by atoms with Crippen molar-refractivity contribution in [2.75, 3.05) is 26.9 Å². The Morgan fingerprint density at radius 3 is 2.32 bits per heavy atom. The molecule has 166 valence electrons. The molecule has 0 spiro atoms. The van der Waals surface area contributed by atoms with Gasteiger partial charge < -0.3 is 24.3 Å². The Bertz CT molecular complexity index is 945. The first-order valence-electron chi connectivity index (χ1n) is 9.54. The van der Waals surface area contributed by atoms with Crippen LogP contribution in [0.25, 0.3) is 0 Å². The minimum Gasteiger partial charge on any atom is -0.496 e. The Labute approximate surface area is 179 Å². The molecular formula is C21H24N2O8. The normalized spacial score (nSPS) is 10.2. The lowest BCUT2D eigenvalue weighted by atomic mass is 10.2. The molecule has 10 nitrogen and oxygen atoms in total. The van der Waals surface area contributed by atoms with E-state index in [1.807, 2.05) is 13.8 Å². The number of non-ortho nitro benzene ring substituents is 1. The molecule has 0 bridgehead atoms. The first kappa shape index (κ1) is 23.5. The van der Waals surface area contributed by atoms with Gasteiger partial charge in [0.25, 0.3) is 11.6 Å². The Balaban J connectivity index is 1.96. The van der Waals surface area contributed by atoms with E-state index in [4.69, 9.17) is 18.9 Å². The van der Waals surface area contributed by atoms with Crippen LogP contribution in [0.5, 0.6) is 17.2 Å². The lowest BCUT2D eigenvalue weighted by Gasteiger charge is -2.12. The van der Waals surface area contributed by atoms with E-state index in [0.717, 1.165) is 0 Å². The molecule has 0 unspecified atom stereocenters. The number of hydrogen-bond acceptors (Lipinski definition) is 8. The number of nitro groups is 1. The second kappa shape index (κ2) is 11.4. The summed E-state index contributed by atoms with van der Waals surface area (Å²) in [6.45, 7) is 3.88. The van der Waals surface area contributed by atoms with Gasteiger partial charge in [-0.1, -0.05) is 0 Å². The van der Waals surface area contributed by atoms with Gasteiger partial charge in [0, 0.05) is 23.3 Å². The van der Waals surface area contributed by atoms with Gasteiger partial charge in [-0.3, -0.25) is 19.7 Å². The van der Waals surface area contributed by atoms with Crippen LogP contribution in [0.15, 0.2) is 36.4 Å². The molecule has 0 aromatic heterocycles. The topological polar surface area (TPSA) is 126 Å². The second-order valence-electron chi connectivity index (χ2n) is 6.12. The summed E-state index contributed by atoms with van der Waals surface area (Å²) in [6.07, 6.45) is 0. The van der Waals surface area contributed by atoms with Gasteiger partial charge in [-0.05, 0) is 38.1 Å². The molecule has 10 heteroatoms. The van der Waals surface area contributed by atoms with Crippen molar-refractivity contribution in [2.24, 2.45) is 0 Å². The van der Waals surface area contributed by atoms with Crippen LogP contribution < -0.4 is 19.5 Å². The molecule has 2 aromatic carbocycles. The van der Waals surface area contributed by atoms with Crippen molar-refractivity contribution in [2.45, 2.75) is 20.5 Å². The number of rotatable bonds is 11. The van der Waals surface area contributed by atoms with Crippen molar-refractivity contribution in [3.05, 3.63) is 57.6 Å². The van der Waals surface area contributed by atoms with Gasteiger partial charge >= 0.3 is 5.97 Å². The summed E-state index contributed by atoms with van der Waals surface area (Å²) in [6, 6.07) is 8.68. The maximum absolute atomic E-state index is 12.4. The number of benzene rings is 2. The molecule has 1 amide bonds. The zero-order chi connectivity index (χ0) is 22.8. The van der Waals surface area contributed by atoms with Gasteiger partial charge in [-0.25, -0.2) is 0 Å². The first-order valence-corrected chi connectivity index (χ1v) is 9.54. The van der Waals surface area contributed by atoms with Crippen molar-refractivity contribution in [3.63, 3.8) is 0 Å². The number of nitro benzene ring substituents is 1. The Hall–Kier alpha value is -3.82. The van der Waals surface area contributed by atoms with Gasteiger partial charge in [0.15, 0.2) is 11.5 Å². The van der Waals surface area contributed by atoms with Crippen molar-refractivity contribution in [1.82, 2.24) is 5.32 Å². The Morgan fingerprint density at radius 2 is 1.68 bits per heavy atom. The molecule has 2 aromatic rings. The summed E-state index contributed by atoms with van der Waals surface area (Å²) < 4.78 is 21.2. The van der Waals surface area contributed by atoms with Crippen LogP contribution in [0.2, 0.25) is 0 Å². The molecule has 0 aliphatic carbocycles. The number of amides is 1. The van der Waals surface area contributed by atoms with E-state index < -0.39 is 16.8 Å². The van der Waals surface area contributed by atoms with Gasteiger partial charge in [0.1, 0.15) is 18.9 Å². The van der Waals surface area contributed by atoms with E-state index in [9.17, 15) is 19.7 Å². The zero-order valence-electron chi connectivity index (χ0n) is 17.5. The Kier molecular flexibility index (Phi) is 8.62. The lowest BCUT2D eigenvalue weighted by molar-refractivity contribution is -0.385. The van der Waals surface area contributed by atoms with Crippen molar-refractivity contribution >= 4 is 17.6 Å². The third kappa shape index (κ3) is 6.59. The molecular weight excluding hydrogens is 408 g/mol. The van der Waals surface area contributed by atoms with E-state index in [2.05, 4.69) is 5.32 Å². The number of methoxy groups -OCH3 is 1. The molecule has 0 aliphatic rings. The number of carbonyl (C=O) groups excluding carboxylic acids is 2. The third-order valence-electron chi connectivity index (χ3n) is 4.06. The highest BCUT2D eigenvalue weighted by Crippen LogP contribution is 2.28. The Morgan fingerprint density at radius 1 is 1.00 bits per heavy atom. The third-order valence-corrected chi connectivity index (χ3v) is 4.06. The van der Waals surface area contributed by atoms with Crippen LogP contribution in [0.1, 0.15) is 29.8 Å². The first-order chi connectivity index (χ1) is 14.9. The molecule has 1 N–H and O–H groups in total. The molecule has 31 heavy (non-hydrogen) atoms. The number of nitrogens with one attached hydrogen (secondary N) is 1. The van der Waals surface area contributed by atoms with Crippen LogP contribution in [-0.4, -0.2) is 43.7 Å². The van der Waals surface area contributed by atoms with Crippen LogP contribution >= 0.6 is 0 Å². The molecule has 0 radical (unpaired) electrons. The highest BCUT2D eigenvalue weighted by Gasteiger charge is 2.15. The number of ether oxygens (including phenoxy) is 4. The largest absolute Gasteiger partial charge is 0.496 e. The molecule has 0 atom stereocenters. The average Bonchev–Trinajstić information content (AvgIpc) is 2.77. The highest BCUT2D eigenvalue weighted by atomic mass is 16.6. The van der Waals surface area contributed by atoms with Crippen LogP contribution in [-0.2, 0) is 16.1 Å². The molecule has 0 heterocycles. The number of hydrogen-bond donors (Lipinski definition) is 1. The van der Waals surface area contributed by atoms with Gasteiger partial charge in [0.2, 0.25) is 0 Å². The average molecular weight is 432 g/mol. The standard InChI is InChI=1S/C21H24N2O8/c1-4-29-18-8-6-14(11-19(18)30-5-2)21(25)22-12-20(24)31-13-15-10-16(23(26)27)7-9-17(15)28-3/h6-11H,4-5,12-13H2,1-3H3,(H,22,25). The minimum atomic E-state index is -0.710. The van der Waals surface area contributed by atoms with Crippen LogP contribution in [0.3, 0.4) is 0 Å². The van der Waals surface area contributed by atoms with E-state index >= 15 is 0 Å². The van der Waals surface area contributed by atoms with Crippen molar-refractivity contribution in [3.8, 4) is 17.2 Å². The maximum Gasteiger partial charge on any atom is 0.325 e. The van der Waals surface area contributed by atoms with E-state index in [1.54, 1.807) is 12.1 Å². The summed E-state index contributed by atoms with van der Waals surface area (Å²) in [5.41, 5.74) is 0.477. The smallest absolute Gasteiger partial charge is 0.325 e. The number of nitrogens with zero attached hydrogens (tertiary/aromatic N) is 1. The summed E-state index contributed by atoms with van der Waals surface area (Å²) in [4.78, 5) is 34.7. The molecule has 0 saturated heterocycles. The molecule has 2 rings (SSSR count). The number of esters is 1. The van der Waals surface area contributed by atoms with Crippen molar-refractivity contribution < 1.29 is 33.5 Å². The number of carbonyl (C=O) groups is 2. The maximum atomic E-state index is 12.4. The summed E-state index contributed by atoms with van der Waals surface area (Å²) in [5.74, 6) is 0.0931. The summed E-state index contributed by atoms with van der Waals surface area (Å²) in [5, 5.41) is 13.4. The molecule has 0 saturated carbocycles. The highest BCUT2D eigenvalue weighted by molar-refractivity contribution is 5.96. The predicted molar refractivity (Wildman–Crippen MR) is 111 cm³/mol. The zero-order valence-corrected chi connectivity index (χ0v) is 17.5. The molecule has 0 fully saturated rings. The van der Waals surface area contributed by atoms with Crippen LogP contribution in [0, 0.1) is 10.1 Å². The van der Waals surface area contributed by atoms with Gasteiger partial charge in [-0.15, -0.1) is 0 Å². The van der Waals surface area contributed by atoms with E-state index in [-0.39, 0.29) is 18.8 Å². The van der Waals surface area contributed by atoms with Crippen molar-refractivity contribution in [1.29, 1.82) is 0 Å². The second-order valence-corrected chi connectivity index (χ2v) is 6.12. The predicted octanol–water partition coefficient (Wildman–Crippen LogP) is 2.87. The quantitative estimate of drug-likeness (QED) is 0.326. The SMILES string of the molecule is CCOc1ccc(C(=O)NCC(=O)OCc2cc([N+](=O)[O-])ccc2OC)cc1OCC. The van der Waals surface area contributed by atoms with Gasteiger partial charge in [0.05, 0.1) is 25.2 Å². The molecule has 0 aliphatic heterocycles.